The Labute approximate surface area is 126 Å². The predicted molar refractivity (Wildman–Crippen MR) is 84.3 cm³/mol. The van der Waals surface area contributed by atoms with Crippen molar-refractivity contribution >= 4 is 0 Å². The monoisotopic (exact) mass is 284 g/mol. The van der Waals surface area contributed by atoms with Crippen molar-refractivity contribution in [2.75, 3.05) is 6.54 Å². The molecule has 1 N–H and O–H groups in total. The number of nitrogens with zero attached hydrogens (tertiary/aromatic N) is 3. The lowest BCUT2D eigenvalue weighted by Crippen LogP contribution is -2.31. The van der Waals surface area contributed by atoms with Crippen LogP contribution in [-0.4, -0.2) is 21.3 Å². The van der Waals surface area contributed by atoms with Crippen LogP contribution in [0.4, 0.5) is 0 Å². The summed E-state index contributed by atoms with van der Waals surface area (Å²) in [6.45, 7) is 5.17. The fraction of sp³-hybridized carbons (Fsp3) is 0.529. The van der Waals surface area contributed by atoms with Gasteiger partial charge in [-0.2, -0.15) is 5.10 Å². The third kappa shape index (κ3) is 2.72. The highest BCUT2D eigenvalue weighted by Crippen LogP contribution is 2.39. The van der Waals surface area contributed by atoms with Crippen molar-refractivity contribution in [2.45, 2.75) is 45.1 Å². The molecule has 0 aromatic carbocycles. The van der Waals surface area contributed by atoms with Crippen molar-refractivity contribution in [1.82, 2.24) is 20.1 Å². The van der Waals surface area contributed by atoms with Gasteiger partial charge in [0.2, 0.25) is 0 Å². The first-order valence-corrected chi connectivity index (χ1v) is 7.88. The molecule has 0 saturated heterocycles. The molecule has 0 saturated carbocycles. The summed E-state index contributed by atoms with van der Waals surface area (Å²) in [4.78, 5) is 4.70. The highest BCUT2D eigenvalue weighted by molar-refractivity contribution is 5.30. The fourth-order valence-electron chi connectivity index (χ4n) is 3.56. The van der Waals surface area contributed by atoms with Crippen LogP contribution < -0.4 is 5.32 Å². The van der Waals surface area contributed by atoms with Crippen LogP contribution in [0.5, 0.6) is 0 Å². The number of pyridine rings is 1. The van der Waals surface area contributed by atoms with Crippen molar-refractivity contribution < 1.29 is 0 Å². The second-order valence-corrected chi connectivity index (χ2v) is 5.92. The molecular weight excluding hydrogens is 260 g/mol. The molecule has 0 spiro atoms. The van der Waals surface area contributed by atoms with Crippen molar-refractivity contribution in [3.63, 3.8) is 0 Å². The Kier molecular flexibility index (Phi) is 4.06. The van der Waals surface area contributed by atoms with Crippen LogP contribution in [0.15, 0.2) is 24.4 Å². The maximum Gasteiger partial charge on any atom is 0.0597 e. The van der Waals surface area contributed by atoms with E-state index in [4.69, 9.17) is 4.98 Å². The van der Waals surface area contributed by atoms with Crippen LogP contribution in [-0.2, 0) is 13.5 Å². The Morgan fingerprint density at radius 3 is 3.05 bits per heavy atom. The van der Waals surface area contributed by atoms with E-state index >= 15 is 0 Å². The average Bonchev–Trinajstić information content (AvgIpc) is 2.83. The van der Waals surface area contributed by atoms with Gasteiger partial charge in [-0.3, -0.25) is 9.67 Å². The molecule has 3 rings (SSSR count). The SMILES string of the molecule is CCNC(c1cc(C)nn1C)C1CCCc2cccnc21. The number of hydrogen-bond donors (Lipinski definition) is 1. The lowest BCUT2D eigenvalue weighted by molar-refractivity contribution is 0.383. The number of aryl methyl sites for hydroxylation is 3. The zero-order chi connectivity index (χ0) is 14.8. The lowest BCUT2D eigenvalue weighted by Gasteiger charge is -2.32. The second-order valence-electron chi connectivity index (χ2n) is 5.92. The molecule has 0 radical (unpaired) electrons. The molecule has 2 unspecified atom stereocenters. The quantitative estimate of drug-likeness (QED) is 0.938. The van der Waals surface area contributed by atoms with Crippen molar-refractivity contribution in [2.24, 2.45) is 7.05 Å². The van der Waals surface area contributed by atoms with Crippen molar-refractivity contribution in [1.29, 1.82) is 0 Å². The van der Waals surface area contributed by atoms with E-state index < -0.39 is 0 Å². The molecule has 4 heteroatoms. The summed E-state index contributed by atoms with van der Waals surface area (Å²) in [6.07, 6.45) is 5.51. The first kappa shape index (κ1) is 14.3. The fourth-order valence-corrected chi connectivity index (χ4v) is 3.56. The van der Waals surface area contributed by atoms with E-state index in [2.05, 4.69) is 42.5 Å². The number of rotatable bonds is 4. The Morgan fingerprint density at radius 1 is 1.48 bits per heavy atom. The Bertz CT molecular complexity index is 617. The summed E-state index contributed by atoms with van der Waals surface area (Å²) in [6, 6.07) is 6.77. The first-order chi connectivity index (χ1) is 10.2. The van der Waals surface area contributed by atoms with Crippen molar-refractivity contribution in [3.8, 4) is 0 Å². The zero-order valence-corrected chi connectivity index (χ0v) is 13.1. The van der Waals surface area contributed by atoms with E-state index in [-0.39, 0.29) is 6.04 Å². The van der Waals surface area contributed by atoms with E-state index in [1.54, 1.807) is 0 Å². The molecule has 0 bridgehead atoms. The molecule has 2 atom stereocenters. The highest BCUT2D eigenvalue weighted by Gasteiger charge is 2.31. The number of hydrogen-bond acceptors (Lipinski definition) is 3. The van der Waals surface area contributed by atoms with E-state index in [9.17, 15) is 0 Å². The molecule has 1 aliphatic carbocycles. The molecule has 0 fully saturated rings. The standard InChI is InChI=1S/C17H24N4/c1-4-18-17(15-11-12(2)20-21(15)3)14-9-5-7-13-8-6-10-19-16(13)14/h6,8,10-11,14,17-18H,4-5,7,9H2,1-3H3. The molecule has 2 heterocycles. The van der Waals surface area contributed by atoms with Crippen LogP contribution in [0, 0.1) is 6.92 Å². The molecule has 0 amide bonds. The summed E-state index contributed by atoms with van der Waals surface area (Å²) < 4.78 is 2.01. The smallest absolute Gasteiger partial charge is 0.0597 e. The molecule has 0 aliphatic heterocycles. The molecule has 112 valence electrons. The van der Waals surface area contributed by atoms with Gasteiger partial charge in [0.1, 0.15) is 0 Å². The largest absolute Gasteiger partial charge is 0.308 e. The van der Waals surface area contributed by atoms with Gasteiger partial charge < -0.3 is 5.32 Å². The van der Waals surface area contributed by atoms with Gasteiger partial charge in [-0.05, 0) is 50.4 Å². The molecule has 21 heavy (non-hydrogen) atoms. The molecule has 1 aliphatic rings. The second kappa shape index (κ2) is 5.98. The molecule has 4 nitrogen and oxygen atoms in total. The Balaban J connectivity index is 2.01. The minimum Gasteiger partial charge on any atom is -0.308 e. The number of aromatic nitrogens is 3. The van der Waals surface area contributed by atoms with Gasteiger partial charge in [-0.25, -0.2) is 0 Å². The third-order valence-corrected chi connectivity index (χ3v) is 4.42. The topological polar surface area (TPSA) is 42.7 Å². The van der Waals surface area contributed by atoms with E-state index in [0.29, 0.717) is 5.92 Å². The number of likely N-dealkylation sites (N-methyl/N-ethyl adjacent to an activating group) is 1. The Morgan fingerprint density at radius 2 is 2.33 bits per heavy atom. The molecular formula is C17H24N4. The van der Waals surface area contributed by atoms with Crippen LogP contribution in [0.25, 0.3) is 0 Å². The van der Waals surface area contributed by atoms with E-state index in [1.807, 2.05) is 17.9 Å². The van der Waals surface area contributed by atoms with Crippen LogP contribution in [0.1, 0.15) is 54.4 Å². The van der Waals surface area contributed by atoms with Gasteiger partial charge in [0.05, 0.1) is 17.4 Å². The number of nitrogens with one attached hydrogen (secondary N) is 1. The van der Waals surface area contributed by atoms with E-state index in [1.165, 1.54) is 29.8 Å². The molecule has 2 aromatic rings. The maximum atomic E-state index is 4.70. The summed E-state index contributed by atoms with van der Waals surface area (Å²) in [7, 11) is 2.04. The zero-order valence-electron chi connectivity index (χ0n) is 13.1. The van der Waals surface area contributed by atoms with Crippen LogP contribution in [0.3, 0.4) is 0 Å². The maximum absolute atomic E-state index is 4.70. The first-order valence-electron chi connectivity index (χ1n) is 7.88. The minimum atomic E-state index is 0.287. The van der Waals surface area contributed by atoms with Crippen LogP contribution in [0.2, 0.25) is 0 Å². The normalized spacial score (nSPS) is 19.3. The third-order valence-electron chi connectivity index (χ3n) is 4.42. The van der Waals surface area contributed by atoms with Gasteiger partial charge in [0.15, 0.2) is 0 Å². The minimum absolute atomic E-state index is 0.287. The summed E-state index contributed by atoms with van der Waals surface area (Å²) >= 11 is 0. The number of fused-ring (bicyclic) bond motifs is 1. The Hall–Kier alpha value is -1.68. The van der Waals surface area contributed by atoms with Gasteiger partial charge >= 0.3 is 0 Å². The van der Waals surface area contributed by atoms with Crippen molar-refractivity contribution in [3.05, 3.63) is 47.0 Å². The van der Waals surface area contributed by atoms with Gasteiger partial charge in [-0.1, -0.05) is 13.0 Å². The van der Waals surface area contributed by atoms with Gasteiger partial charge in [0, 0.05) is 24.9 Å². The molecule has 2 aromatic heterocycles. The summed E-state index contributed by atoms with van der Waals surface area (Å²) in [5, 5.41) is 8.18. The van der Waals surface area contributed by atoms with Crippen LogP contribution >= 0.6 is 0 Å². The van der Waals surface area contributed by atoms with Gasteiger partial charge in [0.25, 0.3) is 0 Å². The summed E-state index contributed by atoms with van der Waals surface area (Å²) in [5.41, 5.74) is 5.02. The lowest BCUT2D eigenvalue weighted by atomic mass is 9.80. The summed E-state index contributed by atoms with van der Waals surface area (Å²) in [5.74, 6) is 0.435. The highest BCUT2D eigenvalue weighted by atomic mass is 15.3. The van der Waals surface area contributed by atoms with E-state index in [0.717, 1.165) is 18.7 Å². The van der Waals surface area contributed by atoms with Gasteiger partial charge in [-0.15, -0.1) is 0 Å². The average molecular weight is 284 g/mol. The predicted octanol–water partition coefficient (Wildman–Crippen LogP) is 2.89.